The van der Waals surface area contributed by atoms with Crippen molar-refractivity contribution in [1.82, 2.24) is 9.80 Å². The molecule has 28 heavy (non-hydrogen) atoms. The van der Waals surface area contributed by atoms with Crippen molar-refractivity contribution in [2.24, 2.45) is 0 Å². The number of aliphatic carboxylic acids is 3. The van der Waals surface area contributed by atoms with Crippen molar-refractivity contribution in [2.45, 2.75) is 45.4 Å². The van der Waals surface area contributed by atoms with Crippen LogP contribution in [0.4, 0.5) is 0 Å². The average molecular weight is 386 g/mol. The minimum absolute atomic E-state index is 0. The normalized spacial score (nSPS) is 10.7. The van der Waals surface area contributed by atoms with Gasteiger partial charge in [-0.3, -0.25) is 9.59 Å². The third-order valence-electron chi connectivity index (χ3n) is 3.69. The molecule has 2 N–H and O–H groups in total. The SMILES string of the molecule is CCCC/C([O-])=C/N(CCC(=O)O)CCN(CCC(=O)[O-])CCC(=O)O.[Li+].[Li+]. The molecule has 0 aromatic heterocycles. The monoisotopic (exact) mass is 386 g/mol. The summed E-state index contributed by atoms with van der Waals surface area (Å²) < 4.78 is 0. The van der Waals surface area contributed by atoms with Gasteiger partial charge >= 0.3 is 49.7 Å². The largest absolute Gasteiger partial charge is 1.00 e. The Balaban J connectivity index is -0.00000312. The molecule has 0 aliphatic carbocycles. The second kappa shape index (κ2) is 19.2. The number of rotatable bonds is 16. The molecule has 0 saturated carbocycles. The van der Waals surface area contributed by atoms with Crippen molar-refractivity contribution in [1.29, 1.82) is 0 Å². The number of hydrogen-bond donors (Lipinski definition) is 2. The Bertz CT molecular complexity index is 472. The van der Waals surface area contributed by atoms with Crippen LogP contribution in [0.25, 0.3) is 0 Å². The van der Waals surface area contributed by atoms with Crippen LogP contribution in [0.3, 0.4) is 0 Å². The fourth-order valence-electron chi connectivity index (χ4n) is 2.21. The Kier molecular flexibility index (Phi) is 21.7. The zero-order valence-electron chi connectivity index (χ0n) is 17.2. The average Bonchev–Trinajstić information content (AvgIpc) is 2.56. The van der Waals surface area contributed by atoms with E-state index in [4.69, 9.17) is 10.2 Å². The maximum atomic E-state index is 11.9. The molecule has 0 aromatic rings. The van der Waals surface area contributed by atoms with Gasteiger partial charge in [0.15, 0.2) is 0 Å². The van der Waals surface area contributed by atoms with Crippen LogP contribution in [-0.4, -0.2) is 70.6 Å². The van der Waals surface area contributed by atoms with Gasteiger partial charge in [-0.2, -0.15) is 0 Å². The van der Waals surface area contributed by atoms with Crippen LogP contribution >= 0.6 is 0 Å². The van der Waals surface area contributed by atoms with E-state index < -0.39 is 17.9 Å². The van der Waals surface area contributed by atoms with Crippen LogP contribution in [0.1, 0.15) is 45.4 Å². The van der Waals surface area contributed by atoms with Crippen molar-refractivity contribution in [3.05, 3.63) is 12.0 Å². The maximum absolute atomic E-state index is 11.9. The summed E-state index contributed by atoms with van der Waals surface area (Å²) in [7, 11) is 0. The molecule has 0 amide bonds. The van der Waals surface area contributed by atoms with Gasteiger partial charge in [0, 0.05) is 38.7 Å². The molecule has 0 bridgehead atoms. The number of hydrogen-bond acceptors (Lipinski definition) is 7. The van der Waals surface area contributed by atoms with Crippen molar-refractivity contribution < 1.29 is 72.5 Å². The number of carboxylic acid groups (broad SMARTS) is 3. The van der Waals surface area contributed by atoms with Crippen molar-refractivity contribution in [3.8, 4) is 0 Å². The smallest absolute Gasteiger partial charge is 0.874 e. The van der Waals surface area contributed by atoms with E-state index in [1.54, 1.807) is 9.80 Å². The molecule has 0 heterocycles. The first-order valence-corrected chi connectivity index (χ1v) is 8.72. The maximum Gasteiger partial charge on any atom is 1.00 e. The molecule has 0 saturated heterocycles. The van der Waals surface area contributed by atoms with Gasteiger partial charge in [-0.15, -0.1) is 5.76 Å². The number of carbonyl (C=O) groups excluding carboxylic acids is 1. The number of carbonyl (C=O) groups is 3. The number of allylic oxidation sites excluding steroid dienone is 1. The van der Waals surface area contributed by atoms with Gasteiger partial charge in [0.05, 0.1) is 12.8 Å². The Labute approximate surface area is 190 Å². The summed E-state index contributed by atoms with van der Waals surface area (Å²) in [6.45, 7) is 3.04. The molecular formula is C17H28Li2N2O7. The standard InChI is InChI=1S/C17H30N2O7.2Li/c1-2-3-4-14(20)13-19(10-7-17(25)26)12-11-18(8-5-15(21)22)9-6-16(23)24;;/h13,20H,2-12H2,1H3,(H,21,22)(H,23,24)(H,25,26);;/q;2*+1/p-2/b14-13-;;. The van der Waals surface area contributed by atoms with E-state index in [2.05, 4.69) is 0 Å². The van der Waals surface area contributed by atoms with Crippen LogP contribution in [0.5, 0.6) is 0 Å². The van der Waals surface area contributed by atoms with Crippen molar-refractivity contribution in [2.75, 3.05) is 32.7 Å². The van der Waals surface area contributed by atoms with Gasteiger partial charge in [-0.25, -0.2) is 0 Å². The topological polar surface area (TPSA) is 144 Å². The van der Waals surface area contributed by atoms with Crippen LogP contribution in [0, 0.1) is 0 Å². The van der Waals surface area contributed by atoms with Gasteiger partial charge < -0.3 is 35.0 Å². The number of unbranched alkanes of at least 4 members (excludes halogenated alkanes) is 1. The molecule has 0 aliphatic heterocycles. The predicted molar refractivity (Wildman–Crippen MR) is 89.8 cm³/mol. The molecule has 0 fully saturated rings. The van der Waals surface area contributed by atoms with E-state index in [9.17, 15) is 24.6 Å². The minimum Gasteiger partial charge on any atom is -0.874 e. The van der Waals surface area contributed by atoms with Gasteiger partial charge in [0.2, 0.25) is 0 Å². The van der Waals surface area contributed by atoms with Gasteiger partial charge in [0.1, 0.15) is 0 Å². The number of nitrogens with zero attached hydrogens (tertiary/aromatic N) is 2. The summed E-state index contributed by atoms with van der Waals surface area (Å²) >= 11 is 0. The number of carboxylic acids is 3. The molecule has 9 nitrogen and oxygen atoms in total. The molecule has 0 spiro atoms. The van der Waals surface area contributed by atoms with E-state index >= 15 is 0 Å². The predicted octanol–water partition coefficient (Wildman–Crippen LogP) is -6.92. The third-order valence-corrected chi connectivity index (χ3v) is 3.69. The first kappa shape index (κ1) is 31.6. The molecule has 0 unspecified atom stereocenters. The van der Waals surface area contributed by atoms with Crippen LogP contribution in [0.15, 0.2) is 12.0 Å². The molecule has 0 rings (SSSR count). The summed E-state index contributed by atoms with van der Waals surface area (Å²) in [5.74, 6) is -3.30. The van der Waals surface area contributed by atoms with Crippen molar-refractivity contribution >= 4 is 17.9 Å². The van der Waals surface area contributed by atoms with Crippen LogP contribution in [-0.2, 0) is 14.4 Å². The quantitative estimate of drug-likeness (QED) is 0.195. The molecule has 150 valence electrons. The summed E-state index contributed by atoms with van der Waals surface area (Å²) in [5, 5.41) is 40.1. The van der Waals surface area contributed by atoms with E-state index in [0.29, 0.717) is 19.5 Å². The Hall–Kier alpha value is -1.10. The van der Waals surface area contributed by atoms with E-state index in [0.717, 1.165) is 12.8 Å². The molecule has 0 radical (unpaired) electrons. The fourth-order valence-corrected chi connectivity index (χ4v) is 2.21. The zero-order valence-corrected chi connectivity index (χ0v) is 17.2. The van der Waals surface area contributed by atoms with Crippen LogP contribution < -0.4 is 47.9 Å². The summed E-state index contributed by atoms with van der Waals surface area (Å²) in [4.78, 5) is 35.4. The summed E-state index contributed by atoms with van der Waals surface area (Å²) in [5.41, 5.74) is 0. The Morgan fingerprint density at radius 2 is 1.36 bits per heavy atom. The second-order valence-electron chi connectivity index (χ2n) is 5.99. The van der Waals surface area contributed by atoms with Gasteiger partial charge in [-0.05, 0) is 19.0 Å². The molecule has 0 aliphatic rings. The van der Waals surface area contributed by atoms with E-state index in [-0.39, 0.29) is 82.4 Å². The first-order chi connectivity index (χ1) is 12.2. The molecule has 0 atom stereocenters. The summed E-state index contributed by atoms with van der Waals surface area (Å²) in [6.07, 6.45) is 2.90. The van der Waals surface area contributed by atoms with Crippen LogP contribution in [0.2, 0.25) is 0 Å². The Morgan fingerprint density at radius 1 is 0.821 bits per heavy atom. The van der Waals surface area contributed by atoms with Crippen molar-refractivity contribution in [3.63, 3.8) is 0 Å². The summed E-state index contributed by atoms with van der Waals surface area (Å²) in [6, 6.07) is 0. The first-order valence-electron chi connectivity index (χ1n) is 8.72. The molecule has 11 heteroatoms. The van der Waals surface area contributed by atoms with Gasteiger partial charge in [-0.1, -0.05) is 19.8 Å². The zero-order chi connectivity index (χ0) is 19.9. The van der Waals surface area contributed by atoms with E-state index in [1.807, 2.05) is 6.92 Å². The van der Waals surface area contributed by atoms with E-state index in [1.165, 1.54) is 6.20 Å². The van der Waals surface area contributed by atoms with Gasteiger partial charge in [0.25, 0.3) is 0 Å². The minimum atomic E-state index is -1.23. The fraction of sp³-hybridized carbons (Fsp3) is 0.706. The molecule has 0 aromatic carbocycles. The molecular weight excluding hydrogens is 358 g/mol. The Morgan fingerprint density at radius 3 is 1.86 bits per heavy atom. The second-order valence-corrected chi connectivity index (χ2v) is 5.99. The third kappa shape index (κ3) is 19.7.